The van der Waals surface area contributed by atoms with Crippen molar-refractivity contribution in [3.63, 3.8) is 0 Å². The molecule has 1 N–H and O–H groups in total. The first-order valence-corrected chi connectivity index (χ1v) is 5.70. The number of nitrogens with one attached hydrogen (secondary N) is 1. The predicted molar refractivity (Wildman–Crippen MR) is 68.5 cm³/mol. The lowest BCUT2D eigenvalue weighted by molar-refractivity contribution is 0.379. The molecule has 94 valence electrons. The highest BCUT2D eigenvalue weighted by Gasteiger charge is 2.13. The molecule has 1 atom stereocenters. The van der Waals surface area contributed by atoms with Gasteiger partial charge in [0.15, 0.2) is 0 Å². The van der Waals surface area contributed by atoms with Crippen molar-refractivity contribution >= 4 is 0 Å². The van der Waals surface area contributed by atoms with Gasteiger partial charge in [0, 0.05) is 29.8 Å². The van der Waals surface area contributed by atoms with Crippen molar-refractivity contribution in [3.05, 3.63) is 47.5 Å². The van der Waals surface area contributed by atoms with E-state index >= 15 is 0 Å². The number of nitrogens with zero attached hydrogens (tertiary/aromatic N) is 3. The zero-order valence-corrected chi connectivity index (χ0v) is 10.7. The van der Waals surface area contributed by atoms with Crippen LogP contribution in [0.2, 0.25) is 0 Å². The van der Waals surface area contributed by atoms with Crippen molar-refractivity contribution < 1.29 is 4.74 Å². The molecule has 1 unspecified atom stereocenters. The third-order valence-corrected chi connectivity index (χ3v) is 2.71. The minimum Gasteiger partial charge on any atom is -0.467 e. The van der Waals surface area contributed by atoms with Crippen LogP contribution in [0.3, 0.4) is 0 Å². The van der Waals surface area contributed by atoms with Gasteiger partial charge in [-0.25, -0.2) is 9.97 Å². The zero-order chi connectivity index (χ0) is 13.0. The Bertz CT molecular complexity index is 513. The molecule has 0 saturated carbocycles. The monoisotopic (exact) mass is 244 g/mol. The van der Waals surface area contributed by atoms with Crippen LogP contribution in [0.1, 0.15) is 22.9 Å². The van der Waals surface area contributed by atoms with Gasteiger partial charge in [0.1, 0.15) is 0 Å². The average molecular weight is 244 g/mol. The number of aromatic nitrogens is 3. The summed E-state index contributed by atoms with van der Waals surface area (Å²) in [5.41, 5.74) is 3.12. The Kier molecular flexibility index (Phi) is 3.84. The van der Waals surface area contributed by atoms with Crippen molar-refractivity contribution in [2.24, 2.45) is 0 Å². The van der Waals surface area contributed by atoms with Gasteiger partial charge in [0.2, 0.25) is 0 Å². The third-order valence-electron chi connectivity index (χ3n) is 2.71. The largest absolute Gasteiger partial charge is 0.467 e. The fourth-order valence-electron chi connectivity index (χ4n) is 1.85. The van der Waals surface area contributed by atoms with Crippen LogP contribution in [0.15, 0.2) is 30.7 Å². The number of ether oxygens (including phenoxy) is 1. The Morgan fingerprint density at radius 1 is 1.17 bits per heavy atom. The van der Waals surface area contributed by atoms with Crippen LogP contribution < -0.4 is 10.1 Å². The summed E-state index contributed by atoms with van der Waals surface area (Å²) in [5.74, 6) is 0. The molecular weight excluding hydrogens is 228 g/mol. The van der Waals surface area contributed by atoms with Crippen molar-refractivity contribution in [2.45, 2.75) is 13.0 Å². The summed E-state index contributed by atoms with van der Waals surface area (Å²) < 4.78 is 4.95. The second kappa shape index (κ2) is 5.55. The predicted octanol–water partition coefficient (Wildman–Crippen LogP) is 1.50. The maximum atomic E-state index is 4.95. The highest BCUT2D eigenvalue weighted by molar-refractivity contribution is 5.29. The molecule has 0 saturated heterocycles. The van der Waals surface area contributed by atoms with Crippen molar-refractivity contribution in [3.8, 4) is 6.01 Å². The minimum atomic E-state index is 0.0533. The van der Waals surface area contributed by atoms with Crippen LogP contribution in [-0.2, 0) is 0 Å². The number of hydrogen-bond acceptors (Lipinski definition) is 5. The van der Waals surface area contributed by atoms with Crippen LogP contribution in [0.5, 0.6) is 6.01 Å². The van der Waals surface area contributed by atoms with E-state index in [1.807, 2.05) is 26.1 Å². The molecular formula is C13H16N4O. The van der Waals surface area contributed by atoms with E-state index < -0.39 is 0 Å². The first-order chi connectivity index (χ1) is 8.74. The maximum absolute atomic E-state index is 4.95. The molecule has 2 heterocycles. The molecule has 5 nitrogen and oxygen atoms in total. The lowest BCUT2D eigenvalue weighted by Crippen LogP contribution is -2.18. The van der Waals surface area contributed by atoms with Crippen molar-refractivity contribution in [1.29, 1.82) is 0 Å². The van der Waals surface area contributed by atoms with E-state index in [1.165, 1.54) is 0 Å². The summed E-state index contributed by atoms with van der Waals surface area (Å²) in [6.45, 7) is 1.97. The summed E-state index contributed by atoms with van der Waals surface area (Å²) in [4.78, 5) is 12.4. The molecule has 0 fully saturated rings. The van der Waals surface area contributed by atoms with Gasteiger partial charge in [-0.15, -0.1) is 0 Å². The molecule has 2 rings (SSSR count). The molecule has 5 heteroatoms. The summed E-state index contributed by atoms with van der Waals surface area (Å²) >= 11 is 0. The topological polar surface area (TPSA) is 59.9 Å². The van der Waals surface area contributed by atoms with Crippen LogP contribution in [0.4, 0.5) is 0 Å². The summed E-state index contributed by atoms with van der Waals surface area (Å²) in [6.07, 6.45) is 5.34. The normalized spacial score (nSPS) is 12.2. The van der Waals surface area contributed by atoms with Crippen molar-refractivity contribution in [1.82, 2.24) is 20.3 Å². The molecule has 0 aromatic carbocycles. The van der Waals surface area contributed by atoms with Gasteiger partial charge < -0.3 is 10.1 Å². The van der Waals surface area contributed by atoms with E-state index in [9.17, 15) is 0 Å². The van der Waals surface area contributed by atoms with Gasteiger partial charge >= 0.3 is 6.01 Å². The molecule has 18 heavy (non-hydrogen) atoms. The van der Waals surface area contributed by atoms with Gasteiger partial charge in [-0.05, 0) is 31.7 Å². The van der Waals surface area contributed by atoms with E-state index in [-0.39, 0.29) is 6.04 Å². The van der Waals surface area contributed by atoms with Crippen molar-refractivity contribution in [2.75, 3.05) is 14.2 Å². The summed E-state index contributed by atoms with van der Waals surface area (Å²) in [7, 11) is 3.46. The Balaban J connectivity index is 2.32. The summed E-state index contributed by atoms with van der Waals surface area (Å²) in [5, 5.41) is 3.25. The average Bonchev–Trinajstić information content (AvgIpc) is 2.40. The van der Waals surface area contributed by atoms with E-state index in [0.717, 1.165) is 16.8 Å². The van der Waals surface area contributed by atoms with E-state index in [1.54, 1.807) is 25.7 Å². The quantitative estimate of drug-likeness (QED) is 0.883. The fraction of sp³-hybridized carbons (Fsp3) is 0.308. The third kappa shape index (κ3) is 2.62. The number of pyridine rings is 1. The second-order valence-electron chi connectivity index (χ2n) is 3.96. The SMILES string of the molecule is CNC(c1cnc(OC)nc1)c1ccnc(C)c1. The molecule has 0 radical (unpaired) electrons. The van der Waals surface area contributed by atoms with Crippen LogP contribution in [0, 0.1) is 6.92 Å². The molecule has 0 spiro atoms. The first kappa shape index (κ1) is 12.4. The molecule has 2 aromatic heterocycles. The number of aryl methyl sites for hydroxylation is 1. The Hall–Kier alpha value is -2.01. The standard InChI is InChI=1S/C13H16N4O/c1-9-6-10(4-5-15-9)12(14-2)11-7-16-13(18-3)17-8-11/h4-8,12,14H,1-3H3. The molecule has 0 amide bonds. The van der Waals surface area contributed by atoms with Crippen LogP contribution in [-0.4, -0.2) is 29.1 Å². The summed E-state index contributed by atoms with van der Waals surface area (Å²) in [6, 6.07) is 4.46. The first-order valence-electron chi connectivity index (χ1n) is 5.70. The van der Waals surface area contributed by atoms with Gasteiger partial charge in [-0.3, -0.25) is 4.98 Å². The molecule has 0 aliphatic rings. The lowest BCUT2D eigenvalue weighted by atomic mass is 10.0. The van der Waals surface area contributed by atoms with E-state index in [0.29, 0.717) is 6.01 Å². The van der Waals surface area contributed by atoms with Gasteiger partial charge in [0.25, 0.3) is 0 Å². The second-order valence-corrected chi connectivity index (χ2v) is 3.96. The minimum absolute atomic E-state index is 0.0533. The zero-order valence-electron chi connectivity index (χ0n) is 10.7. The van der Waals surface area contributed by atoms with Crippen LogP contribution >= 0.6 is 0 Å². The highest BCUT2D eigenvalue weighted by Crippen LogP contribution is 2.21. The molecule has 0 aliphatic heterocycles. The Morgan fingerprint density at radius 3 is 2.44 bits per heavy atom. The molecule has 0 bridgehead atoms. The lowest BCUT2D eigenvalue weighted by Gasteiger charge is -2.16. The van der Waals surface area contributed by atoms with Gasteiger partial charge in [-0.2, -0.15) is 0 Å². The maximum Gasteiger partial charge on any atom is 0.316 e. The molecule has 2 aromatic rings. The number of hydrogen-bond donors (Lipinski definition) is 1. The Labute approximate surface area is 106 Å². The van der Waals surface area contributed by atoms with Gasteiger partial charge in [0.05, 0.1) is 13.2 Å². The molecule has 0 aliphatic carbocycles. The smallest absolute Gasteiger partial charge is 0.316 e. The van der Waals surface area contributed by atoms with E-state index in [4.69, 9.17) is 4.74 Å². The Morgan fingerprint density at radius 2 is 1.89 bits per heavy atom. The fourth-order valence-corrected chi connectivity index (χ4v) is 1.85. The highest BCUT2D eigenvalue weighted by atomic mass is 16.5. The number of rotatable bonds is 4. The van der Waals surface area contributed by atoms with Gasteiger partial charge in [-0.1, -0.05) is 0 Å². The van der Waals surface area contributed by atoms with E-state index in [2.05, 4.69) is 20.3 Å². The number of methoxy groups -OCH3 is 1. The van der Waals surface area contributed by atoms with Crippen LogP contribution in [0.25, 0.3) is 0 Å².